The van der Waals surface area contributed by atoms with Crippen LogP contribution in [-0.4, -0.2) is 56.6 Å². The predicted octanol–water partition coefficient (Wildman–Crippen LogP) is 5.88. The molecule has 1 aliphatic rings. The number of imidazole rings is 1. The van der Waals surface area contributed by atoms with Crippen LogP contribution in [0.1, 0.15) is 5.82 Å². The van der Waals surface area contributed by atoms with Crippen LogP contribution >= 0.6 is 11.6 Å². The Morgan fingerprint density at radius 2 is 1.92 bits per heavy atom. The summed E-state index contributed by atoms with van der Waals surface area (Å²) < 4.78 is 16.3. The van der Waals surface area contributed by atoms with E-state index < -0.39 is 8.07 Å². The van der Waals surface area contributed by atoms with Crippen LogP contribution in [0.3, 0.4) is 0 Å². The van der Waals surface area contributed by atoms with Crippen LogP contribution in [0, 0.1) is 6.92 Å². The molecule has 0 amide bonds. The minimum atomic E-state index is -1.15. The molecular weight excluding hydrogens is 530 g/mol. The molecule has 39 heavy (non-hydrogen) atoms. The van der Waals surface area contributed by atoms with Gasteiger partial charge in [-0.05, 0) is 37.2 Å². The Morgan fingerprint density at radius 1 is 1.10 bits per heavy atom. The van der Waals surface area contributed by atoms with Gasteiger partial charge in [0.2, 0.25) is 0 Å². The van der Waals surface area contributed by atoms with E-state index in [1.807, 2.05) is 54.3 Å². The highest BCUT2D eigenvalue weighted by Crippen LogP contribution is 2.36. The van der Waals surface area contributed by atoms with Crippen LogP contribution in [-0.2, 0) is 18.0 Å². The second-order valence-corrected chi connectivity index (χ2v) is 17.2. The SMILES string of the molecule is Cc1nc2ccc(Oc3ccc4ncc(-c5cnn(CC6CN6)c5)nc4c3Cl)cc2n1COCC[Si](C)(C)C. The number of fused-ring (bicyclic) bond motifs is 2. The number of halogens is 1. The number of aromatic nitrogens is 6. The summed E-state index contributed by atoms with van der Waals surface area (Å²) in [7, 11) is -1.15. The van der Waals surface area contributed by atoms with Gasteiger partial charge in [-0.25, -0.2) is 9.97 Å². The summed E-state index contributed by atoms with van der Waals surface area (Å²) in [4.78, 5) is 14.1. The van der Waals surface area contributed by atoms with Crippen molar-refractivity contribution in [1.29, 1.82) is 0 Å². The summed E-state index contributed by atoms with van der Waals surface area (Å²) in [6.07, 6.45) is 5.54. The van der Waals surface area contributed by atoms with Crippen LogP contribution in [0.4, 0.5) is 0 Å². The van der Waals surface area contributed by atoms with Gasteiger partial charge in [0.25, 0.3) is 0 Å². The fourth-order valence-corrected chi connectivity index (χ4v) is 5.39. The summed E-state index contributed by atoms with van der Waals surface area (Å²) in [5.74, 6) is 2.07. The van der Waals surface area contributed by atoms with Crippen molar-refractivity contribution in [3.63, 3.8) is 0 Å². The van der Waals surface area contributed by atoms with Gasteiger partial charge in [0.15, 0.2) is 0 Å². The molecule has 1 fully saturated rings. The number of hydrogen-bond acceptors (Lipinski definition) is 7. The normalized spacial score (nSPS) is 15.4. The molecule has 1 aliphatic heterocycles. The predicted molar refractivity (Wildman–Crippen MR) is 156 cm³/mol. The monoisotopic (exact) mass is 561 g/mol. The largest absolute Gasteiger partial charge is 0.456 e. The zero-order valence-corrected chi connectivity index (χ0v) is 24.4. The molecule has 4 heterocycles. The Kier molecular flexibility index (Phi) is 6.88. The van der Waals surface area contributed by atoms with Crippen molar-refractivity contribution >= 4 is 41.7 Å². The molecule has 0 aliphatic carbocycles. The second-order valence-electron chi connectivity index (χ2n) is 11.2. The Labute approximate surface area is 233 Å². The summed E-state index contributed by atoms with van der Waals surface area (Å²) in [5, 5.41) is 8.16. The van der Waals surface area contributed by atoms with Crippen molar-refractivity contribution in [2.75, 3.05) is 13.2 Å². The van der Waals surface area contributed by atoms with E-state index >= 15 is 0 Å². The molecule has 1 atom stereocenters. The van der Waals surface area contributed by atoms with Gasteiger partial charge in [-0.1, -0.05) is 31.2 Å². The summed E-state index contributed by atoms with van der Waals surface area (Å²) in [5.41, 5.74) is 4.74. The highest BCUT2D eigenvalue weighted by molar-refractivity contribution is 6.76. The molecule has 1 unspecified atom stereocenters. The van der Waals surface area contributed by atoms with Crippen molar-refractivity contribution in [2.24, 2.45) is 0 Å². The first-order valence-electron chi connectivity index (χ1n) is 13.2. The van der Waals surface area contributed by atoms with Crippen molar-refractivity contribution in [1.82, 2.24) is 34.6 Å². The van der Waals surface area contributed by atoms with Gasteiger partial charge < -0.3 is 19.4 Å². The molecule has 6 rings (SSSR count). The van der Waals surface area contributed by atoms with E-state index in [1.54, 1.807) is 6.20 Å². The topological polar surface area (TPSA) is 102 Å². The van der Waals surface area contributed by atoms with Crippen molar-refractivity contribution in [3.05, 3.63) is 59.8 Å². The lowest BCUT2D eigenvalue weighted by molar-refractivity contribution is 0.0885. The molecule has 0 saturated carbocycles. The van der Waals surface area contributed by atoms with Gasteiger partial charge in [0.05, 0.1) is 41.2 Å². The number of nitrogens with zero attached hydrogens (tertiary/aromatic N) is 6. The average molecular weight is 562 g/mol. The molecule has 202 valence electrons. The molecule has 2 aromatic carbocycles. The molecule has 11 heteroatoms. The third kappa shape index (κ3) is 5.84. The van der Waals surface area contributed by atoms with Crippen LogP contribution < -0.4 is 10.1 Å². The second kappa shape index (κ2) is 10.3. The Bertz CT molecular complexity index is 1660. The third-order valence-corrected chi connectivity index (χ3v) is 8.87. The smallest absolute Gasteiger partial charge is 0.148 e. The van der Waals surface area contributed by atoms with Crippen molar-refractivity contribution in [3.8, 4) is 22.8 Å². The molecule has 1 N–H and O–H groups in total. The molecule has 0 radical (unpaired) electrons. The molecule has 0 bridgehead atoms. The number of nitrogens with one attached hydrogen (secondary N) is 1. The van der Waals surface area contributed by atoms with Crippen molar-refractivity contribution < 1.29 is 9.47 Å². The molecule has 1 saturated heterocycles. The quantitative estimate of drug-likeness (QED) is 0.129. The number of rotatable bonds is 10. The van der Waals surface area contributed by atoms with E-state index in [2.05, 4.69) is 44.6 Å². The van der Waals surface area contributed by atoms with Crippen LogP contribution in [0.15, 0.2) is 48.9 Å². The highest BCUT2D eigenvalue weighted by Gasteiger charge is 2.21. The zero-order chi connectivity index (χ0) is 27.1. The van der Waals surface area contributed by atoms with Gasteiger partial charge in [-0.15, -0.1) is 0 Å². The van der Waals surface area contributed by atoms with E-state index in [4.69, 9.17) is 26.1 Å². The minimum absolute atomic E-state index is 0.413. The first-order valence-corrected chi connectivity index (χ1v) is 17.3. The van der Waals surface area contributed by atoms with E-state index in [-0.39, 0.29) is 0 Å². The van der Waals surface area contributed by atoms with Crippen LogP contribution in [0.2, 0.25) is 30.7 Å². The van der Waals surface area contributed by atoms with Gasteiger partial charge in [-0.2, -0.15) is 5.10 Å². The number of hydrogen-bond donors (Lipinski definition) is 1. The zero-order valence-electron chi connectivity index (χ0n) is 22.6. The summed E-state index contributed by atoms with van der Waals surface area (Å²) in [6, 6.07) is 11.1. The Balaban J connectivity index is 1.24. The van der Waals surface area contributed by atoms with Crippen molar-refractivity contribution in [2.45, 2.75) is 51.9 Å². The highest BCUT2D eigenvalue weighted by atomic mass is 35.5. The third-order valence-electron chi connectivity index (χ3n) is 6.80. The van der Waals surface area contributed by atoms with Gasteiger partial charge in [0.1, 0.15) is 34.6 Å². The maximum atomic E-state index is 6.82. The van der Waals surface area contributed by atoms with E-state index in [1.165, 1.54) is 0 Å². The van der Waals surface area contributed by atoms with Gasteiger partial charge in [-0.3, -0.25) is 9.67 Å². The molecular formula is C28H32ClN7O2Si. The van der Waals surface area contributed by atoms with E-state index in [0.717, 1.165) is 48.2 Å². The maximum absolute atomic E-state index is 6.82. The van der Waals surface area contributed by atoms with Gasteiger partial charge >= 0.3 is 0 Å². The standard InChI is InChI=1S/C28H32ClN7O2Si/c1-18-33-22-6-5-21(11-25(22)36(18)17-37-9-10-39(2,3)4)38-26-8-7-23-28(27(26)29)34-24(14-31-23)19-12-32-35(15-19)16-20-13-30-20/h5-8,11-12,14-15,20,30H,9-10,13,16-17H2,1-4H3. The van der Waals surface area contributed by atoms with Gasteiger partial charge in [0, 0.05) is 45.1 Å². The average Bonchev–Trinajstić information content (AvgIpc) is 3.49. The van der Waals surface area contributed by atoms with E-state index in [0.29, 0.717) is 46.0 Å². The fourth-order valence-electron chi connectivity index (χ4n) is 4.39. The molecule has 3 aromatic heterocycles. The molecule has 5 aromatic rings. The number of ether oxygens (including phenoxy) is 2. The number of aryl methyl sites for hydroxylation is 1. The lowest BCUT2D eigenvalue weighted by Gasteiger charge is -2.16. The molecule has 0 spiro atoms. The minimum Gasteiger partial charge on any atom is -0.456 e. The van der Waals surface area contributed by atoms with Crippen LogP contribution in [0.25, 0.3) is 33.3 Å². The van der Waals surface area contributed by atoms with E-state index in [9.17, 15) is 0 Å². The summed E-state index contributed by atoms with van der Waals surface area (Å²) in [6.45, 7) is 12.1. The molecule has 9 nitrogen and oxygen atoms in total. The first kappa shape index (κ1) is 25.9. The maximum Gasteiger partial charge on any atom is 0.148 e. The number of benzene rings is 2. The first-order chi connectivity index (χ1) is 18.7. The lowest BCUT2D eigenvalue weighted by Crippen LogP contribution is -2.22. The Morgan fingerprint density at radius 3 is 2.72 bits per heavy atom. The lowest BCUT2D eigenvalue weighted by atomic mass is 10.2. The van der Waals surface area contributed by atoms with Crippen LogP contribution in [0.5, 0.6) is 11.5 Å². The summed E-state index contributed by atoms with van der Waals surface area (Å²) >= 11 is 6.82. The Hall–Kier alpha value is -3.31. The fraction of sp³-hybridized carbons (Fsp3) is 0.357.